The number of hydrogen-bond donors (Lipinski definition) is 1. The van der Waals surface area contributed by atoms with E-state index >= 15 is 0 Å². The second-order valence-electron chi connectivity index (χ2n) is 5.61. The summed E-state index contributed by atoms with van der Waals surface area (Å²) in [4.78, 5) is 4.08. The third-order valence-electron chi connectivity index (χ3n) is 4.45. The molecule has 21 heavy (non-hydrogen) atoms. The monoisotopic (exact) mass is 344 g/mol. The molecular weight excluding hydrogens is 331 g/mol. The van der Waals surface area contributed by atoms with Crippen LogP contribution in [0.15, 0.2) is 53.3 Å². The Kier molecular flexibility index (Phi) is 3.07. The molecule has 0 fully saturated rings. The summed E-state index contributed by atoms with van der Waals surface area (Å²) >= 11 is 3.40. The van der Waals surface area contributed by atoms with E-state index in [1.807, 2.05) is 18.2 Å². The summed E-state index contributed by atoms with van der Waals surface area (Å²) in [5.41, 5.74) is 2.84. The molecule has 2 nitrogen and oxygen atoms in total. The molecule has 0 unspecified atom stereocenters. The fraction of sp³-hybridized carbons (Fsp3) is 0.235. The van der Waals surface area contributed by atoms with Gasteiger partial charge in [-0.1, -0.05) is 28.1 Å². The molecule has 0 amide bonds. The third-order valence-corrected chi connectivity index (χ3v) is 4.91. The van der Waals surface area contributed by atoms with Gasteiger partial charge in [0.05, 0.1) is 11.7 Å². The number of anilines is 1. The quantitative estimate of drug-likeness (QED) is 0.751. The van der Waals surface area contributed by atoms with Crippen LogP contribution in [-0.2, 0) is 0 Å². The van der Waals surface area contributed by atoms with Crippen LogP contribution in [0.25, 0.3) is 0 Å². The number of rotatable bonds is 1. The summed E-state index contributed by atoms with van der Waals surface area (Å²) < 4.78 is 15.1. The summed E-state index contributed by atoms with van der Waals surface area (Å²) in [5.74, 6) is 0.497. The molecule has 1 N–H and O–H groups in total. The molecule has 0 radical (unpaired) electrons. The van der Waals surface area contributed by atoms with Gasteiger partial charge in [-0.25, -0.2) is 4.39 Å². The standard InChI is InChI=1S/C17H14BrFN2/c18-11-8-14-12-2-1-3-13(12)16(10-4-6-20-7-5-10)21-17(14)15(19)9-11/h1-2,4-9,12-13,16,21H,3H2/t12-,13-,16-/m1/s1. The Morgan fingerprint density at radius 3 is 2.86 bits per heavy atom. The number of fused-ring (bicyclic) bond motifs is 3. The summed E-state index contributed by atoms with van der Waals surface area (Å²) in [7, 11) is 0. The lowest BCUT2D eigenvalue weighted by molar-refractivity contribution is 0.420. The molecule has 1 aliphatic carbocycles. The lowest BCUT2D eigenvalue weighted by Gasteiger charge is -2.37. The molecule has 0 saturated heterocycles. The predicted octanol–water partition coefficient (Wildman–Crippen LogP) is 4.81. The Balaban J connectivity index is 1.84. The summed E-state index contributed by atoms with van der Waals surface area (Å²) in [5, 5.41) is 3.42. The first-order valence-electron chi connectivity index (χ1n) is 7.06. The molecular formula is C17H14BrFN2. The molecule has 2 heterocycles. The van der Waals surface area contributed by atoms with Crippen molar-refractivity contribution in [2.45, 2.75) is 18.4 Å². The van der Waals surface area contributed by atoms with Crippen LogP contribution >= 0.6 is 15.9 Å². The van der Waals surface area contributed by atoms with E-state index in [9.17, 15) is 4.39 Å². The van der Waals surface area contributed by atoms with Crippen LogP contribution in [0.4, 0.5) is 10.1 Å². The zero-order valence-electron chi connectivity index (χ0n) is 11.3. The fourth-order valence-electron chi connectivity index (χ4n) is 3.52. The lowest BCUT2D eigenvalue weighted by atomic mass is 9.77. The van der Waals surface area contributed by atoms with Crippen LogP contribution in [0.5, 0.6) is 0 Å². The molecule has 106 valence electrons. The van der Waals surface area contributed by atoms with E-state index in [2.05, 4.69) is 38.4 Å². The molecule has 1 aromatic heterocycles. The zero-order chi connectivity index (χ0) is 14.4. The van der Waals surface area contributed by atoms with Gasteiger partial charge >= 0.3 is 0 Å². The van der Waals surface area contributed by atoms with Crippen molar-refractivity contribution in [3.63, 3.8) is 0 Å². The summed E-state index contributed by atoms with van der Waals surface area (Å²) in [6.45, 7) is 0. The van der Waals surface area contributed by atoms with Gasteiger partial charge in [-0.2, -0.15) is 0 Å². The number of benzene rings is 1. The van der Waals surface area contributed by atoms with Gasteiger partial charge in [-0.05, 0) is 47.7 Å². The maximum absolute atomic E-state index is 14.3. The Bertz CT molecular complexity index is 714. The minimum absolute atomic E-state index is 0.121. The predicted molar refractivity (Wildman–Crippen MR) is 84.7 cm³/mol. The number of aromatic nitrogens is 1. The van der Waals surface area contributed by atoms with E-state index in [4.69, 9.17) is 0 Å². The molecule has 0 saturated carbocycles. The van der Waals surface area contributed by atoms with Gasteiger partial charge in [0.15, 0.2) is 0 Å². The summed E-state index contributed by atoms with van der Waals surface area (Å²) in [6, 6.07) is 7.69. The van der Waals surface area contributed by atoms with Crippen molar-refractivity contribution in [2.75, 3.05) is 5.32 Å². The number of halogens is 2. The Morgan fingerprint density at radius 2 is 2.05 bits per heavy atom. The number of hydrogen-bond acceptors (Lipinski definition) is 2. The number of allylic oxidation sites excluding steroid dienone is 2. The molecule has 4 heteroatoms. The topological polar surface area (TPSA) is 24.9 Å². The average molecular weight is 345 g/mol. The molecule has 0 spiro atoms. The molecule has 0 bridgehead atoms. The van der Waals surface area contributed by atoms with Gasteiger partial charge in [-0.15, -0.1) is 0 Å². The molecule has 1 aliphatic heterocycles. The van der Waals surface area contributed by atoms with Crippen LogP contribution in [0.2, 0.25) is 0 Å². The van der Waals surface area contributed by atoms with E-state index in [-0.39, 0.29) is 17.8 Å². The van der Waals surface area contributed by atoms with Crippen LogP contribution in [0, 0.1) is 11.7 Å². The van der Waals surface area contributed by atoms with E-state index < -0.39 is 0 Å². The highest BCUT2D eigenvalue weighted by molar-refractivity contribution is 9.10. The van der Waals surface area contributed by atoms with Crippen LogP contribution in [0.1, 0.15) is 29.5 Å². The second-order valence-corrected chi connectivity index (χ2v) is 6.52. The molecule has 3 atom stereocenters. The van der Waals surface area contributed by atoms with E-state index in [1.165, 1.54) is 6.07 Å². The first-order chi connectivity index (χ1) is 10.2. The molecule has 2 aromatic rings. The SMILES string of the molecule is Fc1cc(Br)cc2c1N[C@H](c1ccncc1)[C@@H]1CC=C[C@@H]21. The maximum Gasteiger partial charge on any atom is 0.147 e. The van der Waals surface area contributed by atoms with Crippen LogP contribution in [0.3, 0.4) is 0 Å². The normalized spacial score (nSPS) is 26.1. The Labute approximate surface area is 131 Å². The molecule has 2 aliphatic rings. The van der Waals surface area contributed by atoms with Crippen molar-refractivity contribution in [1.82, 2.24) is 4.98 Å². The van der Waals surface area contributed by atoms with Gasteiger partial charge < -0.3 is 5.32 Å². The van der Waals surface area contributed by atoms with Crippen LogP contribution < -0.4 is 5.32 Å². The molecule has 1 aromatic carbocycles. The van der Waals surface area contributed by atoms with Crippen molar-refractivity contribution >= 4 is 21.6 Å². The van der Waals surface area contributed by atoms with Crippen molar-refractivity contribution < 1.29 is 4.39 Å². The smallest absolute Gasteiger partial charge is 0.147 e. The third kappa shape index (κ3) is 2.09. The van der Waals surface area contributed by atoms with E-state index in [0.29, 0.717) is 11.6 Å². The molecule has 4 rings (SSSR count). The van der Waals surface area contributed by atoms with Gasteiger partial charge in [-0.3, -0.25) is 4.98 Å². The first kappa shape index (κ1) is 13.0. The zero-order valence-corrected chi connectivity index (χ0v) is 12.8. The highest BCUT2D eigenvalue weighted by Crippen LogP contribution is 2.50. The largest absolute Gasteiger partial charge is 0.375 e. The van der Waals surface area contributed by atoms with Gasteiger partial charge in [0.1, 0.15) is 5.82 Å². The summed E-state index contributed by atoms with van der Waals surface area (Å²) in [6.07, 6.45) is 9.02. The Hall–Kier alpha value is -1.68. The highest BCUT2D eigenvalue weighted by atomic mass is 79.9. The maximum atomic E-state index is 14.3. The van der Waals surface area contributed by atoms with E-state index in [0.717, 1.165) is 22.0 Å². The van der Waals surface area contributed by atoms with Gasteiger partial charge in [0, 0.05) is 22.8 Å². The van der Waals surface area contributed by atoms with E-state index in [1.54, 1.807) is 12.4 Å². The average Bonchev–Trinajstić information content (AvgIpc) is 2.97. The number of nitrogens with one attached hydrogen (secondary N) is 1. The van der Waals surface area contributed by atoms with Crippen molar-refractivity contribution in [1.29, 1.82) is 0 Å². The minimum atomic E-state index is -0.197. The second kappa shape index (κ2) is 4.95. The van der Waals surface area contributed by atoms with Crippen molar-refractivity contribution in [3.05, 3.63) is 70.2 Å². The number of nitrogens with zero attached hydrogens (tertiary/aromatic N) is 1. The Morgan fingerprint density at radius 1 is 1.24 bits per heavy atom. The lowest BCUT2D eigenvalue weighted by Crippen LogP contribution is -2.29. The van der Waals surface area contributed by atoms with Crippen LogP contribution in [-0.4, -0.2) is 4.98 Å². The van der Waals surface area contributed by atoms with Crippen molar-refractivity contribution in [2.24, 2.45) is 5.92 Å². The van der Waals surface area contributed by atoms with Gasteiger partial charge in [0.2, 0.25) is 0 Å². The van der Waals surface area contributed by atoms with Crippen molar-refractivity contribution in [3.8, 4) is 0 Å². The first-order valence-corrected chi connectivity index (χ1v) is 7.85. The fourth-order valence-corrected chi connectivity index (χ4v) is 3.97. The minimum Gasteiger partial charge on any atom is -0.375 e. The highest BCUT2D eigenvalue weighted by Gasteiger charge is 2.39. The van der Waals surface area contributed by atoms with Gasteiger partial charge in [0.25, 0.3) is 0 Å². The number of pyridine rings is 1.